The predicted octanol–water partition coefficient (Wildman–Crippen LogP) is -0.00600. The van der Waals surface area contributed by atoms with Gasteiger partial charge >= 0.3 is 0 Å². The van der Waals surface area contributed by atoms with Crippen molar-refractivity contribution >= 4 is 9.76 Å². The number of rotatable bonds is 7. The topological polar surface area (TPSA) is 24.5 Å². The number of nitrogens with one attached hydrogen (secondary N) is 1. The lowest BCUT2D eigenvalue weighted by Gasteiger charge is -2.34. The van der Waals surface area contributed by atoms with Crippen molar-refractivity contribution in [2.24, 2.45) is 0 Å². The highest BCUT2D eigenvalue weighted by molar-refractivity contribution is 6.32. The lowest BCUT2D eigenvalue weighted by molar-refractivity contribution is 0.205. The van der Waals surface area contributed by atoms with E-state index in [1.54, 1.807) is 0 Å². The third-order valence-electron chi connectivity index (χ3n) is 2.39. The van der Waals surface area contributed by atoms with Crippen molar-refractivity contribution in [3.63, 3.8) is 0 Å². The van der Waals surface area contributed by atoms with E-state index >= 15 is 0 Å². The summed E-state index contributed by atoms with van der Waals surface area (Å²) in [4.78, 5) is 2.38. The molecular weight excluding hydrogens is 180 g/mol. The monoisotopic (exact) mass is 204 g/mol. The summed E-state index contributed by atoms with van der Waals surface area (Å²) < 4.78 is 5.58. The molecule has 0 aliphatic heterocycles. The molecule has 0 saturated carbocycles. The zero-order valence-electron chi connectivity index (χ0n) is 9.68. The van der Waals surface area contributed by atoms with Crippen LogP contribution in [0.25, 0.3) is 0 Å². The van der Waals surface area contributed by atoms with Crippen LogP contribution in [0.2, 0.25) is 0 Å². The Hall–Kier alpha value is 0.0969. The Balaban J connectivity index is 3.80. The van der Waals surface area contributed by atoms with E-state index < -0.39 is 9.76 Å². The molecule has 3 nitrogen and oxygen atoms in total. The van der Waals surface area contributed by atoms with Crippen LogP contribution >= 0.6 is 0 Å². The van der Waals surface area contributed by atoms with Crippen molar-refractivity contribution in [2.75, 3.05) is 33.8 Å². The third kappa shape index (κ3) is 5.41. The standard InChI is InChI=1S/C9H24N2OSi/c1-6-12-13-9(2,3)11(5)8-7-10-4/h10H,6-8,13H2,1-5H3. The number of hydrogen-bond acceptors (Lipinski definition) is 3. The van der Waals surface area contributed by atoms with Crippen LogP contribution in [-0.2, 0) is 4.43 Å². The summed E-state index contributed by atoms with van der Waals surface area (Å²) in [5, 5.41) is 3.43. The van der Waals surface area contributed by atoms with Gasteiger partial charge in [-0.1, -0.05) is 0 Å². The molecule has 0 fully saturated rings. The predicted molar refractivity (Wildman–Crippen MR) is 60.8 cm³/mol. The van der Waals surface area contributed by atoms with Crippen LogP contribution in [-0.4, -0.2) is 53.6 Å². The second-order valence-corrected chi connectivity index (χ2v) is 6.40. The molecule has 0 aromatic heterocycles. The Morgan fingerprint density at radius 2 is 2.08 bits per heavy atom. The largest absolute Gasteiger partial charge is 0.422 e. The molecule has 80 valence electrons. The maximum Gasteiger partial charge on any atom is 0.180 e. The maximum absolute atomic E-state index is 5.58. The fourth-order valence-corrected chi connectivity index (χ4v) is 2.13. The summed E-state index contributed by atoms with van der Waals surface area (Å²) in [6.45, 7) is 9.59. The van der Waals surface area contributed by atoms with Gasteiger partial charge in [-0.25, -0.2) is 0 Å². The molecule has 0 aliphatic rings. The second-order valence-electron chi connectivity index (χ2n) is 3.97. The molecule has 0 rings (SSSR count). The van der Waals surface area contributed by atoms with Crippen molar-refractivity contribution in [2.45, 2.75) is 25.9 Å². The highest BCUT2D eigenvalue weighted by Crippen LogP contribution is 2.09. The molecular formula is C9H24N2OSi. The van der Waals surface area contributed by atoms with E-state index in [0.717, 1.165) is 19.7 Å². The minimum absolute atomic E-state index is 0.271. The van der Waals surface area contributed by atoms with Gasteiger partial charge in [-0.2, -0.15) is 0 Å². The molecule has 0 aliphatic carbocycles. The first-order valence-corrected chi connectivity index (χ1v) is 6.26. The molecule has 0 spiro atoms. The Bertz CT molecular complexity index is 131. The van der Waals surface area contributed by atoms with Crippen LogP contribution in [0.3, 0.4) is 0 Å². The third-order valence-corrected chi connectivity index (χ3v) is 4.25. The molecule has 1 N–H and O–H groups in total. The minimum Gasteiger partial charge on any atom is -0.422 e. The van der Waals surface area contributed by atoms with E-state index in [1.807, 2.05) is 7.05 Å². The fraction of sp³-hybridized carbons (Fsp3) is 1.00. The summed E-state index contributed by atoms with van der Waals surface area (Å²) in [5.74, 6) is 0. The zero-order valence-corrected chi connectivity index (χ0v) is 11.1. The van der Waals surface area contributed by atoms with Gasteiger partial charge in [-0.3, -0.25) is 0 Å². The zero-order chi connectivity index (χ0) is 10.3. The molecule has 0 atom stereocenters. The molecule has 0 unspecified atom stereocenters. The molecule has 0 aromatic carbocycles. The van der Waals surface area contributed by atoms with Crippen molar-refractivity contribution in [1.82, 2.24) is 10.2 Å². The number of likely N-dealkylation sites (N-methyl/N-ethyl adjacent to an activating group) is 2. The van der Waals surface area contributed by atoms with Crippen LogP contribution in [0.15, 0.2) is 0 Å². The van der Waals surface area contributed by atoms with Gasteiger partial charge in [0, 0.05) is 24.9 Å². The van der Waals surface area contributed by atoms with E-state index in [4.69, 9.17) is 4.43 Å². The van der Waals surface area contributed by atoms with E-state index in [1.165, 1.54) is 0 Å². The van der Waals surface area contributed by atoms with E-state index in [-0.39, 0.29) is 5.16 Å². The summed E-state index contributed by atoms with van der Waals surface area (Å²) in [6.07, 6.45) is 0. The molecule has 0 bridgehead atoms. The first-order valence-electron chi connectivity index (χ1n) is 4.98. The number of nitrogens with zero attached hydrogens (tertiary/aromatic N) is 1. The number of hydrogen-bond donors (Lipinski definition) is 1. The Morgan fingerprint density at radius 3 is 2.54 bits per heavy atom. The average Bonchev–Trinajstić information content (AvgIpc) is 2.10. The first kappa shape index (κ1) is 13.1. The van der Waals surface area contributed by atoms with Crippen molar-refractivity contribution < 1.29 is 4.43 Å². The van der Waals surface area contributed by atoms with E-state index in [2.05, 4.69) is 38.0 Å². The normalized spacial score (nSPS) is 13.4. The van der Waals surface area contributed by atoms with Crippen molar-refractivity contribution in [3.05, 3.63) is 0 Å². The molecule has 0 aromatic rings. The van der Waals surface area contributed by atoms with Gasteiger partial charge in [0.15, 0.2) is 9.76 Å². The molecule has 4 heteroatoms. The quantitative estimate of drug-likeness (QED) is 0.591. The molecule has 0 saturated heterocycles. The second kappa shape index (κ2) is 6.54. The smallest absolute Gasteiger partial charge is 0.180 e. The SMILES string of the molecule is CCO[SiH2]C(C)(C)N(C)CCNC. The van der Waals surface area contributed by atoms with E-state index in [9.17, 15) is 0 Å². The highest BCUT2D eigenvalue weighted by Gasteiger charge is 2.23. The van der Waals surface area contributed by atoms with Crippen LogP contribution in [0, 0.1) is 0 Å². The van der Waals surface area contributed by atoms with Gasteiger partial charge < -0.3 is 14.6 Å². The van der Waals surface area contributed by atoms with Gasteiger partial charge in [-0.05, 0) is 34.9 Å². The van der Waals surface area contributed by atoms with Gasteiger partial charge in [0.05, 0.1) is 0 Å². The van der Waals surface area contributed by atoms with Gasteiger partial charge in [-0.15, -0.1) is 0 Å². The van der Waals surface area contributed by atoms with Gasteiger partial charge in [0.25, 0.3) is 0 Å². The minimum atomic E-state index is -0.438. The molecule has 13 heavy (non-hydrogen) atoms. The lowest BCUT2D eigenvalue weighted by Crippen LogP contribution is -2.49. The Morgan fingerprint density at radius 1 is 1.46 bits per heavy atom. The van der Waals surface area contributed by atoms with Crippen LogP contribution in [0.4, 0.5) is 0 Å². The Labute approximate surface area is 84.8 Å². The summed E-state index contributed by atoms with van der Waals surface area (Å²) in [7, 11) is 3.72. The van der Waals surface area contributed by atoms with Crippen LogP contribution in [0.1, 0.15) is 20.8 Å². The average molecular weight is 204 g/mol. The van der Waals surface area contributed by atoms with Crippen LogP contribution in [0.5, 0.6) is 0 Å². The highest BCUT2D eigenvalue weighted by atomic mass is 28.2. The fourth-order valence-electron chi connectivity index (χ4n) is 1.04. The van der Waals surface area contributed by atoms with Gasteiger partial charge in [0.2, 0.25) is 0 Å². The summed E-state index contributed by atoms with van der Waals surface area (Å²) in [5.41, 5.74) is 0. The molecule has 0 amide bonds. The summed E-state index contributed by atoms with van der Waals surface area (Å²) >= 11 is 0. The maximum atomic E-state index is 5.58. The molecule has 0 heterocycles. The molecule has 0 radical (unpaired) electrons. The van der Waals surface area contributed by atoms with Gasteiger partial charge in [0.1, 0.15) is 0 Å². The first-order chi connectivity index (χ1) is 6.04. The van der Waals surface area contributed by atoms with Crippen molar-refractivity contribution in [3.8, 4) is 0 Å². The lowest BCUT2D eigenvalue weighted by atomic mass is 10.3. The van der Waals surface area contributed by atoms with E-state index in [0.29, 0.717) is 0 Å². The Kier molecular flexibility index (Phi) is 6.58. The summed E-state index contributed by atoms with van der Waals surface area (Å²) in [6, 6.07) is 0. The van der Waals surface area contributed by atoms with Crippen molar-refractivity contribution in [1.29, 1.82) is 0 Å². The van der Waals surface area contributed by atoms with Crippen LogP contribution < -0.4 is 5.32 Å².